The molecule has 1 aromatic heterocycles. The third-order valence-electron chi connectivity index (χ3n) is 4.00. The SMILES string of the molecule is Cc1nc(Nc2ccc(Br)cc2)sc1C(=O)NCc1ccc(N(C)C)cc1. The fourth-order valence-corrected chi connectivity index (χ4v) is 3.66. The molecule has 0 aliphatic rings. The quantitative estimate of drug-likeness (QED) is 0.564. The summed E-state index contributed by atoms with van der Waals surface area (Å²) in [5.41, 5.74) is 3.84. The molecule has 140 valence electrons. The maximum Gasteiger partial charge on any atom is 0.263 e. The van der Waals surface area contributed by atoms with E-state index in [0.717, 1.165) is 27.1 Å². The first-order valence-corrected chi connectivity index (χ1v) is 10.1. The van der Waals surface area contributed by atoms with Crippen molar-refractivity contribution in [2.45, 2.75) is 13.5 Å². The molecule has 0 atom stereocenters. The first-order chi connectivity index (χ1) is 12.9. The Balaban J connectivity index is 1.62. The minimum Gasteiger partial charge on any atom is -0.378 e. The smallest absolute Gasteiger partial charge is 0.263 e. The lowest BCUT2D eigenvalue weighted by Gasteiger charge is -2.12. The van der Waals surface area contributed by atoms with Crippen molar-refractivity contribution in [3.05, 3.63) is 69.1 Å². The average molecular weight is 445 g/mol. The summed E-state index contributed by atoms with van der Waals surface area (Å²) in [7, 11) is 4.01. The van der Waals surface area contributed by atoms with E-state index in [1.807, 2.05) is 74.4 Å². The van der Waals surface area contributed by atoms with Crippen LogP contribution in [0.4, 0.5) is 16.5 Å². The highest BCUT2D eigenvalue weighted by molar-refractivity contribution is 9.10. The number of hydrogen-bond acceptors (Lipinski definition) is 5. The number of halogens is 1. The van der Waals surface area contributed by atoms with Gasteiger partial charge in [-0.3, -0.25) is 4.79 Å². The van der Waals surface area contributed by atoms with Gasteiger partial charge in [-0.2, -0.15) is 0 Å². The molecule has 0 fully saturated rings. The van der Waals surface area contributed by atoms with Crippen molar-refractivity contribution in [1.29, 1.82) is 0 Å². The van der Waals surface area contributed by atoms with Gasteiger partial charge in [-0.05, 0) is 48.9 Å². The summed E-state index contributed by atoms with van der Waals surface area (Å²) in [5, 5.41) is 6.92. The zero-order valence-electron chi connectivity index (χ0n) is 15.4. The number of carbonyl (C=O) groups excluding carboxylic acids is 1. The molecule has 0 saturated carbocycles. The van der Waals surface area contributed by atoms with Crippen LogP contribution in [0.3, 0.4) is 0 Å². The van der Waals surface area contributed by atoms with Gasteiger partial charge in [0.2, 0.25) is 0 Å². The van der Waals surface area contributed by atoms with Gasteiger partial charge in [0, 0.05) is 36.5 Å². The number of rotatable bonds is 6. The van der Waals surface area contributed by atoms with Gasteiger partial charge < -0.3 is 15.5 Å². The predicted octanol–water partition coefficient (Wildman–Crippen LogP) is 4.95. The molecule has 0 unspecified atom stereocenters. The number of amides is 1. The van der Waals surface area contributed by atoms with Crippen molar-refractivity contribution in [2.75, 3.05) is 24.3 Å². The van der Waals surface area contributed by atoms with E-state index < -0.39 is 0 Å². The van der Waals surface area contributed by atoms with Gasteiger partial charge in [-0.1, -0.05) is 39.4 Å². The normalized spacial score (nSPS) is 10.5. The van der Waals surface area contributed by atoms with Crippen LogP contribution >= 0.6 is 27.3 Å². The summed E-state index contributed by atoms with van der Waals surface area (Å²) in [4.78, 5) is 19.7. The van der Waals surface area contributed by atoms with Gasteiger partial charge in [-0.25, -0.2) is 4.98 Å². The molecular weight excluding hydrogens is 424 g/mol. The van der Waals surface area contributed by atoms with E-state index in [0.29, 0.717) is 16.6 Å². The van der Waals surface area contributed by atoms with E-state index in [1.165, 1.54) is 11.3 Å². The number of aromatic nitrogens is 1. The highest BCUT2D eigenvalue weighted by Gasteiger charge is 2.15. The molecule has 7 heteroatoms. The molecule has 0 bridgehead atoms. The Hall–Kier alpha value is -2.38. The molecule has 0 aliphatic heterocycles. The Labute approximate surface area is 171 Å². The zero-order chi connectivity index (χ0) is 19.4. The highest BCUT2D eigenvalue weighted by Crippen LogP contribution is 2.26. The molecule has 2 N–H and O–H groups in total. The average Bonchev–Trinajstić information content (AvgIpc) is 3.02. The van der Waals surface area contributed by atoms with Gasteiger partial charge in [-0.15, -0.1) is 0 Å². The van der Waals surface area contributed by atoms with Crippen LogP contribution < -0.4 is 15.5 Å². The minimum atomic E-state index is -0.106. The fourth-order valence-electron chi connectivity index (χ4n) is 2.49. The summed E-state index contributed by atoms with van der Waals surface area (Å²) in [6, 6.07) is 16.0. The van der Waals surface area contributed by atoms with Crippen molar-refractivity contribution in [2.24, 2.45) is 0 Å². The van der Waals surface area contributed by atoms with Crippen molar-refractivity contribution in [1.82, 2.24) is 10.3 Å². The van der Waals surface area contributed by atoms with Crippen LogP contribution in [-0.2, 0) is 6.54 Å². The fraction of sp³-hybridized carbons (Fsp3) is 0.200. The summed E-state index contributed by atoms with van der Waals surface area (Å²) >= 11 is 4.77. The van der Waals surface area contributed by atoms with E-state index in [2.05, 4.69) is 31.5 Å². The summed E-state index contributed by atoms with van der Waals surface area (Å²) in [5.74, 6) is -0.106. The second-order valence-electron chi connectivity index (χ2n) is 6.31. The minimum absolute atomic E-state index is 0.106. The molecule has 5 nitrogen and oxygen atoms in total. The third-order valence-corrected chi connectivity index (χ3v) is 5.60. The molecular formula is C20H21BrN4OS. The van der Waals surface area contributed by atoms with Crippen LogP contribution in [0.2, 0.25) is 0 Å². The van der Waals surface area contributed by atoms with Crippen molar-refractivity contribution < 1.29 is 4.79 Å². The predicted molar refractivity (Wildman–Crippen MR) is 116 cm³/mol. The zero-order valence-corrected chi connectivity index (χ0v) is 17.8. The van der Waals surface area contributed by atoms with Crippen molar-refractivity contribution in [3.63, 3.8) is 0 Å². The summed E-state index contributed by atoms with van der Waals surface area (Å²) in [6.45, 7) is 2.34. The Bertz CT molecular complexity index is 920. The second-order valence-corrected chi connectivity index (χ2v) is 8.22. The highest BCUT2D eigenvalue weighted by atomic mass is 79.9. The molecule has 2 aromatic carbocycles. The number of nitrogens with one attached hydrogen (secondary N) is 2. The van der Waals surface area contributed by atoms with E-state index in [1.54, 1.807) is 0 Å². The third kappa shape index (κ3) is 5.08. The van der Waals surface area contributed by atoms with Crippen LogP contribution in [0.1, 0.15) is 20.9 Å². The van der Waals surface area contributed by atoms with Gasteiger partial charge in [0.1, 0.15) is 4.88 Å². The van der Waals surface area contributed by atoms with E-state index in [-0.39, 0.29) is 5.91 Å². The molecule has 0 aliphatic carbocycles. The molecule has 0 radical (unpaired) electrons. The largest absolute Gasteiger partial charge is 0.378 e. The van der Waals surface area contributed by atoms with Gasteiger partial charge in [0.15, 0.2) is 5.13 Å². The number of thiazole rings is 1. The number of benzene rings is 2. The Morgan fingerprint density at radius 3 is 2.41 bits per heavy atom. The summed E-state index contributed by atoms with van der Waals surface area (Å²) < 4.78 is 1.02. The molecule has 0 spiro atoms. The lowest BCUT2D eigenvalue weighted by molar-refractivity contribution is 0.0954. The second kappa shape index (κ2) is 8.54. The molecule has 3 aromatic rings. The van der Waals surface area contributed by atoms with Crippen LogP contribution in [0.15, 0.2) is 53.0 Å². The Morgan fingerprint density at radius 1 is 1.11 bits per heavy atom. The van der Waals surface area contributed by atoms with E-state index >= 15 is 0 Å². The maximum absolute atomic E-state index is 12.5. The lowest BCUT2D eigenvalue weighted by atomic mass is 10.2. The molecule has 0 saturated heterocycles. The standard InChI is InChI=1S/C20H21BrN4OS/c1-13-18(27-20(23-13)24-16-8-6-15(21)7-9-16)19(26)22-12-14-4-10-17(11-5-14)25(2)3/h4-11H,12H2,1-3H3,(H,22,26)(H,23,24). The monoisotopic (exact) mass is 444 g/mol. The van der Waals surface area contributed by atoms with Crippen molar-refractivity contribution >= 4 is 49.7 Å². The van der Waals surface area contributed by atoms with Crippen molar-refractivity contribution in [3.8, 4) is 0 Å². The van der Waals surface area contributed by atoms with Gasteiger partial charge in [0.25, 0.3) is 5.91 Å². The van der Waals surface area contributed by atoms with Crippen LogP contribution in [0.25, 0.3) is 0 Å². The molecule has 1 heterocycles. The molecule has 1 amide bonds. The molecule has 3 rings (SSSR count). The number of aryl methyl sites for hydroxylation is 1. The van der Waals surface area contributed by atoms with Gasteiger partial charge >= 0.3 is 0 Å². The first-order valence-electron chi connectivity index (χ1n) is 8.47. The van der Waals surface area contributed by atoms with Gasteiger partial charge in [0.05, 0.1) is 5.69 Å². The van der Waals surface area contributed by atoms with Crippen LogP contribution in [-0.4, -0.2) is 25.0 Å². The lowest BCUT2D eigenvalue weighted by Crippen LogP contribution is -2.22. The first kappa shape index (κ1) is 19.4. The topological polar surface area (TPSA) is 57.3 Å². The maximum atomic E-state index is 12.5. The Morgan fingerprint density at radius 2 is 1.78 bits per heavy atom. The molecule has 27 heavy (non-hydrogen) atoms. The number of anilines is 3. The van der Waals surface area contributed by atoms with E-state index in [9.17, 15) is 4.79 Å². The number of hydrogen-bond donors (Lipinski definition) is 2. The number of nitrogens with zero attached hydrogens (tertiary/aromatic N) is 2. The van der Waals surface area contributed by atoms with E-state index in [4.69, 9.17) is 0 Å². The van der Waals surface area contributed by atoms with Crippen LogP contribution in [0.5, 0.6) is 0 Å². The number of carbonyl (C=O) groups is 1. The Kier molecular flexibility index (Phi) is 6.13. The van der Waals surface area contributed by atoms with Crippen LogP contribution in [0, 0.1) is 6.92 Å². The summed E-state index contributed by atoms with van der Waals surface area (Å²) in [6.07, 6.45) is 0.